The number of nitrogens with two attached hydrogens (primary N) is 1. The number of nitrogens with zero attached hydrogens (tertiary/aromatic N) is 3. The number of benzene rings is 1. The maximum absolute atomic E-state index is 12.6. The topological polar surface area (TPSA) is 44.6 Å². The Morgan fingerprint density at radius 2 is 2.06 bits per heavy atom. The van der Waals surface area contributed by atoms with Crippen LogP contribution in [-0.4, -0.2) is 19.0 Å². The lowest BCUT2D eigenvalue weighted by Gasteiger charge is -2.10. The third-order valence-corrected chi connectivity index (χ3v) is 2.02. The molecule has 17 heavy (non-hydrogen) atoms. The molecule has 0 radical (unpaired) electrons. The Hall–Kier alpha value is -2.01. The van der Waals surface area contributed by atoms with Crippen LogP contribution in [0.5, 0.6) is 0 Å². The molecule has 2 N–H and O–H groups in total. The Morgan fingerprint density at radius 1 is 1.41 bits per heavy atom. The maximum Gasteiger partial charge on any atom is 0.147 e. The van der Waals surface area contributed by atoms with Crippen LogP contribution in [0.25, 0.3) is 0 Å². The van der Waals surface area contributed by atoms with Crippen molar-refractivity contribution in [3.05, 3.63) is 54.9 Å². The van der Waals surface area contributed by atoms with Gasteiger partial charge in [-0.15, -0.1) is 10.2 Å². The van der Waals surface area contributed by atoms with Gasteiger partial charge >= 0.3 is 0 Å². The second-order valence-electron chi connectivity index (χ2n) is 3.38. The number of hydrogen-bond acceptors (Lipinski definition) is 3. The van der Waals surface area contributed by atoms with Crippen LogP contribution in [0.15, 0.2) is 59.3 Å². The summed E-state index contributed by atoms with van der Waals surface area (Å²) in [6, 6.07) is 5.79. The van der Waals surface area contributed by atoms with E-state index in [0.717, 1.165) is 0 Å². The molecule has 0 unspecified atom stereocenters. The van der Waals surface area contributed by atoms with Crippen molar-refractivity contribution in [1.82, 2.24) is 4.90 Å². The fourth-order valence-electron chi connectivity index (χ4n) is 0.995. The van der Waals surface area contributed by atoms with Crippen LogP contribution in [0, 0.1) is 5.82 Å². The highest BCUT2D eigenvalue weighted by molar-refractivity contribution is 5.35. The standard InChI is InChI=1S/C12H15FN4/c1-10(17(3)9-8-14-2)15-16-12-6-4-11(13)5-7-12/h4-9,14H,1H2,2-3H3/p+1/b9-8-,16-15?. The van der Waals surface area contributed by atoms with Crippen LogP contribution >= 0.6 is 0 Å². The molecule has 0 aliphatic heterocycles. The molecule has 4 nitrogen and oxygen atoms in total. The van der Waals surface area contributed by atoms with Crippen LogP contribution in [-0.2, 0) is 0 Å². The molecule has 0 aliphatic rings. The van der Waals surface area contributed by atoms with Crippen molar-refractivity contribution < 1.29 is 9.71 Å². The summed E-state index contributed by atoms with van der Waals surface area (Å²) in [5.74, 6) is 0.216. The zero-order chi connectivity index (χ0) is 12.7. The smallest absolute Gasteiger partial charge is 0.147 e. The average Bonchev–Trinajstić information content (AvgIpc) is 2.34. The highest BCUT2D eigenvalue weighted by Crippen LogP contribution is 2.14. The molecule has 1 aromatic carbocycles. The van der Waals surface area contributed by atoms with Crippen molar-refractivity contribution in [2.24, 2.45) is 10.2 Å². The summed E-state index contributed by atoms with van der Waals surface area (Å²) in [5, 5.41) is 9.80. The summed E-state index contributed by atoms with van der Waals surface area (Å²) in [5.41, 5.74) is 0.590. The summed E-state index contributed by atoms with van der Waals surface area (Å²) < 4.78 is 12.6. The van der Waals surface area contributed by atoms with E-state index in [1.54, 1.807) is 17.0 Å². The molecule has 0 saturated heterocycles. The first-order valence-electron chi connectivity index (χ1n) is 5.18. The van der Waals surface area contributed by atoms with Crippen LogP contribution in [0.4, 0.5) is 10.1 Å². The van der Waals surface area contributed by atoms with Crippen molar-refractivity contribution >= 4 is 5.69 Å². The molecule has 1 aromatic rings. The quantitative estimate of drug-likeness (QED) is 0.779. The Labute approximate surface area is 100 Å². The van der Waals surface area contributed by atoms with Crippen molar-refractivity contribution in [3.8, 4) is 0 Å². The fourth-order valence-corrected chi connectivity index (χ4v) is 0.995. The number of hydrogen-bond donors (Lipinski definition) is 1. The first-order valence-corrected chi connectivity index (χ1v) is 5.18. The molecule has 5 heteroatoms. The predicted octanol–water partition coefficient (Wildman–Crippen LogP) is 1.98. The summed E-state index contributed by atoms with van der Waals surface area (Å²) in [7, 11) is 3.75. The predicted molar refractivity (Wildman–Crippen MR) is 64.8 cm³/mol. The molecular weight excluding hydrogens is 219 g/mol. The molecule has 0 bridgehead atoms. The van der Waals surface area contributed by atoms with Crippen LogP contribution in [0.2, 0.25) is 0 Å². The van der Waals surface area contributed by atoms with E-state index < -0.39 is 0 Å². The van der Waals surface area contributed by atoms with Gasteiger partial charge in [-0.2, -0.15) is 0 Å². The summed E-state index contributed by atoms with van der Waals surface area (Å²) >= 11 is 0. The average molecular weight is 235 g/mol. The van der Waals surface area contributed by atoms with Crippen molar-refractivity contribution in [3.63, 3.8) is 0 Å². The van der Waals surface area contributed by atoms with E-state index in [0.29, 0.717) is 11.5 Å². The third-order valence-electron chi connectivity index (χ3n) is 2.02. The van der Waals surface area contributed by atoms with Crippen molar-refractivity contribution in [2.75, 3.05) is 14.1 Å². The minimum absolute atomic E-state index is 0.290. The molecule has 90 valence electrons. The molecule has 0 aromatic heterocycles. The molecular formula is C12H16FN4+. The molecule has 0 atom stereocenters. The SMILES string of the molecule is C=C(N=Nc1ccc(F)cc1)N(C)/C=C\[NH2+]C. The zero-order valence-electron chi connectivity index (χ0n) is 9.97. The van der Waals surface area contributed by atoms with E-state index in [4.69, 9.17) is 0 Å². The molecule has 0 amide bonds. The molecule has 0 aliphatic carbocycles. The molecule has 0 spiro atoms. The van der Waals surface area contributed by atoms with Gasteiger partial charge in [0.1, 0.15) is 17.8 Å². The lowest BCUT2D eigenvalue weighted by molar-refractivity contribution is -0.557. The van der Waals surface area contributed by atoms with Gasteiger partial charge in [-0.3, -0.25) is 0 Å². The molecule has 0 saturated carbocycles. The number of quaternary nitrogens is 1. The Kier molecular flexibility index (Phi) is 5.03. The first kappa shape index (κ1) is 13.1. The normalized spacial score (nSPS) is 11.2. The summed E-state index contributed by atoms with van der Waals surface area (Å²) in [6.45, 7) is 3.77. The third kappa shape index (κ3) is 4.56. The second kappa shape index (κ2) is 6.55. The highest BCUT2D eigenvalue weighted by atomic mass is 19.1. The van der Waals surface area contributed by atoms with Crippen LogP contribution in [0.3, 0.4) is 0 Å². The van der Waals surface area contributed by atoms with E-state index in [2.05, 4.69) is 16.8 Å². The van der Waals surface area contributed by atoms with Gasteiger partial charge in [-0.1, -0.05) is 6.58 Å². The van der Waals surface area contributed by atoms with E-state index in [-0.39, 0.29) is 5.82 Å². The first-order chi connectivity index (χ1) is 8.13. The molecule has 0 fully saturated rings. The van der Waals surface area contributed by atoms with Gasteiger partial charge in [0.05, 0.1) is 18.9 Å². The molecule has 0 heterocycles. The van der Waals surface area contributed by atoms with Gasteiger partial charge in [0.2, 0.25) is 0 Å². The van der Waals surface area contributed by atoms with Gasteiger partial charge in [-0.05, 0) is 24.3 Å². The zero-order valence-corrected chi connectivity index (χ0v) is 9.97. The van der Waals surface area contributed by atoms with E-state index >= 15 is 0 Å². The van der Waals surface area contributed by atoms with Crippen molar-refractivity contribution in [1.29, 1.82) is 0 Å². The van der Waals surface area contributed by atoms with Crippen LogP contribution < -0.4 is 5.32 Å². The Morgan fingerprint density at radius 3 is 2.65 bits per heavy atom. The second-order valence-corrected chi connectivity index (χ2v) is 3.38. The van der Waals surface area contributed by atoms with Gasteiger partial charge < -0.3 is 10.2 Å². The lowest BCUT2D eigenvalue weighted by Crippen LogP contribution is -2.72. The van der Waals surface area contributed by atoms with Gasteiger partial charge in [0.25, 0.3) is 0 Å². The summed E-state index contributed by atoms with van der Waals surface area (Å²) in [4.78, 5) is 1.74. The van der Waals surface area contributed by atoms with Crippen LogP contribution in [0.1, 0.15) is 0 Å². The monoisotopic (exact) mass is 235 g/mol. The summed E-state index contributed by atoms with van der Waals surface area (Å²) in [6.07, 6.45) is 3.70. The molecule has 1 rings (SSSR count). The van der Waals surface area contributed by atoms with Gasteiger partial charge in [0.15, 0.2) is 0 Å². The highest BCUT2D eigenvalue weighted by Gasteiger charge is 1.96. The minimum atomic E-state index is -0.290. The van der Waals surface area contributed by atoms with Gasteiger partial charge in [-0.25, -0.2) is 4.39 Å². The van der Waals surface area contributed by atoms with Crippen molar-refractivity contribution in [2.45, 2.75) is 0 Å². The largest absolute Gasteiger partial charge is 0.330 e. The van der Waals surface area contributed by atoms with E-state index in [1.165, 1.54) is 12.1 Å². The number of halogens is 1. The maximum atomic E-state index is 12.6. The fraction of sp³-hybridized carbons (Fsp3) is 0.167. The minimum Gasteiger partial charge on any atom is -0.330 e. The number of azo groups is 1. The number of rotatable bonds is 5. The Bertz CT molecular complexity index is 423. The Balaban J connectivity index is 2.61. The van der Waals surface area contributed by atoms with E-state index in [1.807, 2.05) is 31.8 Å². The van der Waals surface area contributed by atoms with E-state index in [9.17, 15) is 4.39 Å². The lowest BCUT2D eigenvalue weighted by atomic mass is 10.3. The van der Waals surface area contributed by atoms with Gasteiger partial charge in [0, 0.05) is 7.05 Å².